The number of nitrogens with zero attached hydrogens (tertiary/aromatic N) is 3. The van der Waals surface area contributed by atoms with E-state index in [-0.39, 0.29) is 27.3 Å². The zero-order valence-corrected chi connectivity index (χ0v) is 15.3. The van der Waals surface area contributed by atoms with Gasteiger partial charge in [0.15, 0.2) is 0 Å². The van der Waals surface area contributed by atoms with Gasteiger partial charge >= 0.3 is 152 Å². The Kier molecular flexibility index (Phi) is 5.29. The SMILES string of the molecule is C#CCOC(=O)c1nnn(-c2ccccc2[Se]c2ccccc2)c1C. The molecule has 0 aliphatic carbocycles. The van der Waals surface area contributed by atoms with Crippen LogP contribution in [-0.2, 0) is 4.74 Å². The van der Waals surface area contributed by atoms with Crippen LogP contribution in [0.4, 0.5) is 0 Å². The van der Waals surface area contributed by atoms with Crippen molar-refractivity contribution in [3.8, 4) is 18.0 Å². The van der Waals surface area contributed by atoms with Crippen LogP contribution in [0.15, 0.2) is 54.6 Å². The van der Waals surface area contributed by atoms with E-state index in [2.05, 4.69) is 34.4 Å². The van der Waals surface area contributed by atoms with Gasteiger partial charge in [-0.05, 0) is 0 Å². The Morgan fingerprint density at radius 3 is 2.68 bits per heavy atom. The molecule has 0 N–H and O–H groups in total. The molecule has 124 valence electrons. The average molecular weight is 396 g/mol. The number of aromatic nitrogens is 3. The molecule has 0 saturated heterocycles. The first-order valence-electron chi connectivity index (χ1n) is 7.56. The Balaban J connectivity index is 1.94. The molecular weight excluding hydrogens is 381 g/mol. The predicted molar refractivity (Wildman–Crippen MR) is 96.7 cm³/mol. The molecule has 3 aromatic rings. The van der Waals surface area contributed by atoms with Crippen LogP contribution < -0.4 is 8.92 Å². The van der Waals surface area contributed by atoms with Crippen LogP contribution in [0.3, 0.4) is 0 Å². The average Bonchev–Trinajstić information content (AvgIpc) is 3.02. The van der Waals surface area contributed by atoms with Gasteiger partial charge in [-0.15, -0.1) is 0 Å². The fourth-order valence-electron chi connectivity index (χ4n) is 2.26. The minimum atomic E-state index is -0.562. The summed E-state index contributed by atoms with van der Waals surface area (Å²) in [7, 11) is 0. The molecule has 1 aromatic heterocycles. The number of carbonyl (C=O) groups is 1. The van der Waals surface area contributed by atoms with Gasteiger partial charge in [-0.1, -0.05) is 0 Å². The Labute approximate surface area is 152 Å². The number of hydrogen-bond acceptors (Lipinski definition) is 4. The molecule has 0 amide bonds. The molecule has 6 heteroatoms. The number of carbonyl (C=O) groups excluding carboxylic acids is 1. The van der Waals surface area contributed by atoms with Crippen molar-refractivity contribution in [2.24, 2.45) is 0 Å². The van der Waals surface area contributed by atoms with Gasteiger partial charge in [0.05, 0.1) is 0 Å². The third-order valence-electron chi connectivity index (χ3n) is 3.44. The molecule has 5 nitrogen and oxygen atoms in total. The van der Waals surface area contributed by atoms with E-state index in [9.17, 15) is 4.79 Å². The zero-order valence-electron chi connectivity index (χ0n) is 13.5. The molecule has 25 heavy (non-hydrogen) atoms. The number of hydrogen-bond donors (Lipinski definition) is 0. The van der Waals surface area contributed by atoms with Gasteiger partial charge in [0, 0.05) is 0 Å². The van der Waals surface area contributed by atoms with Gasteiger partial charge in [0.2, 0.25) is 0 Å². The van der Waals surface area contributed by atoms with Gasteiger partial charge in [0.25, 0.3) is 0 Å². The summed E-state index contributed by atoms with van der Waals surface area (Å²) in [5.74, 6) is 1.70. The zero-order chi connectivity index (χ0) is 17.6. The monoisotopic (exact) mass is 397 g/mol. The third kappa shape index (κ3) is 3.80. The van der Waals surface area contributed by atoms with Crippen molar-refractivity contribution >= 4 is 29.8 Å². The fraction of sp³-hybridized carbons (Fsp3) is 0.105. The van der Waals surface area contributed by atoms with Crippen LogP contribution in [-0.4, -0.2) is 42.5 Å². The van der Waals surface area contributed by atoms with E-state index >= 15 is 0 Å². The van der Waals surface area contributed by atoms with Gasteiger partial charge < -0.3 is 0 Å². The number of para-hydroxylation sites is 1. The molecule has 0 saturated carbocycles. The topological polar surface area (TPSA) is 57.0 Å². The number of terminal acetylenes is 1. The summed E-state index contributed by atoms with van der Waals surface area (Å²) in [4.78, 5) is 12.0. The summed E-state index contributed by atoms with van der Waals surface area (Å²) in [6.07, 6.45) is 5.12. The molecule has 0 radical (unpaired) electrons. The molecule has 0 unspecified atom stereocenters. The van der Waals surface area contributed by atoms with Crippen LogP contribution in [0.1, 0.15) is 16.2 Å². The number of ether oxygens (including phenoxy) is 1. The third-order valence-corrected chi connectivity index (χ3v) is 5.69. The second-order valence-electron chi connectivity index (χ2n) is 5.10. The van der Waals surface area contributed by atoms with Crippen molar-refractivity contribution in [2.75, 3.05) is 6.61 Å². The number of benzene rings is 2. The van der Waals surface area contributed by atoms with E-state index in [0.717, 1.165) is 10.1 Å². The maximum absolute atomic E-state index is 12.0. The number of esters is 1. The van der Waals surface area contributed by atoms with Crippen LogP contribution in [0.2, 0.25) is 0 Å². The normalized spacial score (nSPS) is 10.2. The van der Waals surface area contributed by atoms with E-state index in [1.807, 2.05) is 36.4 Å². The van der Waals surface area contributed by atoms with Gasteiger partial charge in [0.1, 0.15) is 0 Å². The van der Waals surface area contributed by atoms with E-state index in [4.69, 9.17) is 11.2 Å². The Hall–Kier alpha value is -2.87. The van der Waals surface area contributed by atoms with Crippen molar-refractivity contribution in [1.82, 2.24) is 15.0 Å². The van der Waals surface area contributed by atoms with Crippen molar-refractivity contribution < 1.29 is 9.53 Å². The summed E-state index contributed by atoms with van der Waals surface area (Å²) in [6, 6.07) is 18.2. The van der Waals surface area contributed by atoms with Crippen molar-refractivity contribution in [3.05, 3.63) is 66.0 Å². The van der Waals surface area contributed by atoms with Crippen LogP contribution in [0, 0.1) is 19.3 Å². The van der Waals surface area contributed by atoms with Crippen molar-refractivity contribution in [2.45, 2.75) is 6.92 Å². The molecule has 3 rings (SSSR count). The Bertz CT molecular complexity index is 929. The van der Waals surface area contributed by atoms with Crippen LogP contribution in [0.25, 0.3) is 5.69 Å². The summed E-state index contributed by atoms with van der Waals surface area (Å²) in [5, 5.41) is 8.11. The quantitative estimate of drug-likeness (QED) is 0.367. The van der Waals surface area contributed by atoms with Crippen molar-refractivity contribution in [1.29, 1.82) is 0 Å². The molecule has 0 aliphatic rings. The first-order chi connectivity index (χ1) is 12.2. The predicted octanol–water partition coefficient (Wildman–Crippen LogP) is 1.02. The second-order valence-corrected chi connectivity index (χ2v) is 7.44. The maximum atomic E-state index is 12.0. The molecular formula is C19H15N3O2Se. The fourth-order valence-corrected chi connectivity index (χ4v) is 4.26. The number of rotatable bonds is 5. The summed E-state index contributed by atoms with van der Waals surface area (Å²) >= 11 is 0.111. The summed E-state index contributed by atoms with van der Waals surface area (Å²) < 4.78 is 9.03. The Morgan fingerprint density at radius 2 is 1.92 bits per heavy atom. The molecule has 0 fully saturated rings. The van der Waals surface area contributed by atoms with E-state index in [1.165, 1.54) is 4.46 Å². The molecule has 0 aliphatic heterocycles. The first-order valence-corrected chi connectivity index (χ1v) is 9.27. The minimum absolute atomic E-state index is 0.0845. The molecule has 0 atom stereocenters. The molecule has 1 heterocycles. The van der Waals surface area contributed by atoms with Crippen LogP contribution in [0.5, 0.6) is 0 Å². The Morgan fingerprint density at radius 1 is 1.20 bits per heavy atom. The standard InChI is InChI=1S/C19H15N3O2Se/c1-3-13-24-19(23)18-14(2)22(21-20-18)16-11-7-8-12-17(16)25-15-9-5-4-6-10-15/h1,4-12H,13H2,2H3. The van der Waals surface area contributed by atoms with E-state index < -0.39 is 5.97 Å². The molecule has 0 bridgehead atoms. The molecule has 2 aromatic carbocycles. The second kappa shape index (κ2) is 7.80. The van der Waals surface area contributed by atoms with E-state index in [1.54, 1.807) is 11.6 Å². The summed E-state index contributed by atoms with van der Waals surface area (Å²) in [6.45, 7) is 1.71. The van der Waals surface area contributed by atoms with Gasteiger partial charge in [-0.25, -0.2) is 0 Å². The van der Waals surface area contributed by atoms with Crippen molar-refractivity contribution in [3.63, 3.8) is 0 Å². The van der Waals surface area contributed by atoms with Gasteiger partial charge in [-0.3, -0.25) is 0 Å². The van der Waals surface area contributed by atoms with Crippen LogP contribution >= 0.6 is 0 Å². The van der Waals surface area contributed by atoms with Gasteiger partial charge in [-0.2, -0.15) is 0 Å². The molecule has 0 spiro atoms. The van der Waals surface area contributed by atoms with E-state index in [0.29, 0.717) is 5.69 Å². The first kappa shape index (κ1) is 17.0. The summed E-state index contributed by atoms with van der Waals surface area (Å²) in [5.41, 5.74) is 1.71.